The van der Waals surface area contributed by atoms with Crippen molar-refractivity contribution in [3.63, 3.8) is 0 Å². The lowest BCUT2D eigenvalue weighted by Crippen LogP contribution is -1.91. The lowest BCUT2D eigenvalue weighted by Gasteiger charge is -1.87. The highest BCUT2D eigenvalue weighted by molar-refractivity contribution is 5.66. The molecule has 0 aromatic heterocycles. The number of hydrogen-bond acceptors (Lipinski definition) is 1. The Bertz CT molecular complexity index is 462. The van der Waals surface area contributed by atoms with Gasteiger partial charge in [-0.2, -0.15) is 0 Å². The predicted molar refractivity (Wildman–Crippen MR) is 105 cm³/mol. The second-order valence-electron chi connectivity index (χ2n) is 5.35. The molecule has 0 aromatic carbocycles. The van der Waals surface area contributed by atoms with Crippen LogP contribution < -0.4 is 0 Å². The van der Waals surface area contributed by atoms with Gasteiger partial charge in [0.2, 0.25) is 0 Å². The van der Waals surface area contributed by atoms with Crippen LogP contribution in [0, 0.1) is 0 Å². The van der Waals surface area contributed by atoms with Crippen molar-refractivity contribution in [2.24, 2.45) is 0 Å². The zero-order chi connectivity index (χ0) is 17.7. The largest absolute Gasteiger partial charge is 0.481 e. The molecule has 0 saturated heterocycles. The Morgan fingerprint density at radius 1 is 0.625 bits per heavy atom. The van der Waals surface area contributed by atoms with Gasteiger partial charge in [-0.1, -0.05) is 79.8 Å². The van der Waals surface area contributed by atoms with Crippen LogP contribution in [0.5, 0.6) is 0 Å². The van der Waals surface area contributed by atoms with Crippen molar-refractivity contribution >= 4 is 5.97 Å². The molecule has 0 amide bonds. The Kier molecular flexibility index (Phi) is 17.3. The molecule has 132 valence electrons. The van der Waals surface area contributed by atoms with Crippen LogP contribution in [0.15, 0.2) is 72.9 Å². The van der Waals surface area contributed by atoms with E-state index in [-0.39, 0.29) is 6.42 Å². The van der Waals surface area contributed by atoms with E-state index in [2.05, 4.69) is 67.7 Å². The van der Waals surface area contributed by atoms with Gasteiger partial charge in [0, 0.05) is 6.42 Å². The molecule has 2 heteroatoms. The Labute approximate surface area is 147 Å². The van der Waals surface area contributed by atoms with Crippen LogP contribution in [-0.2, 0) is 4.79 Å². The zero-order valence-electron chi connectivity index (χ0n) is 14.9. The minimum Gasteiger partial charge on any atom is -0.481 e. The molecule has 0 aliphatic rings. The van der Waals surface area contributed by atoms with E-state index in [0.717, 1.165) is 38.5 Å². The van der Waals surface area contributed by atoms with Gasteiger partial charge in [0.1, 0.15) is 0 Å². The average Bonchev–Trinajstić information content (AvgIpc) is 2.56. The van der Waals surface area contributed by atoms with Gasteiger partial charge in [-0.05, 0) is 44.9 Å². The van der Waals surface area contributed by atoms with Crippen molar-refractivity contribution in [2.75, 3.05) is 0 Å². The highest BCUT2D eigenvalue weighted by Crippen LogP contribution is 1.97. The van der Waals surface area contributed by atoms with Gasteiger partial charge in [-0.25, -0.2) is 0 Å². The first-order valence-corrected chi connectivity index (χ1v) is 8.89. The van der Waals surface area contributed by atoms with Crippen molar-refractivity contribution in [3.8, 4) is 0 Å². The second-order valence-corrected chi connectivity index (χ2v) is 5.35. The summed E-state index contributed by atoms with van der Waals surface area (Å²) in [6, 6.07) is 0. The summed E-state index contributed by atoms with van der Waals surface area (Å²) >= 11 is 0. The molecule has 1 N–H and O–H groups in total. The molecule has 2 nitrogen and oxygen atoms in total. The molecule has 0 rings (SSSR count). The van der Waals surface area contributed by atoms with Gasteiger partial charge >= 0.3 is 5.97 Å². The molecule has 0 fully saturated rings. The van der Waals surface area contributed by atoms with Crippen molar-refractivity contribution in [2.45, 2.75) is 58.3 Å². The quantitative estimate of drug-likeness (QED) is 0.367. The van der Waals surface area contributed by atoms with Crippen molar-refractivity contribution < 1.29 is 9.90 Å². The van der Waals surface area contributed by atoms with Crippen molar-refractivity contribution in [1.82, 2.24) is 0 Å². The van der Waals surface area contributed by atoms with E-state index in [1.165, 1.54) is 0 Å². The van der Waals surface area contributed by atoms with Gasteiger partial charge in [-0.15, -0.1) is 0 Å². The lowest BCUT2D eigenvalue weighted by molar-refractivity contribution is -0.136. The van der Waals surface area contributed by atoms with E-state index in [9.17, 15) is 4.79 Å². The maximum atomic E-state index is 10.3. The maximum Gasteiger partial charge on any atom is 0.303 e. The fourth-order valence-electron chi connectivity index (χ4n) is 1.85. The van der Waals surface area contributed by atoms with Crippen LogP contribution in [0.4, 0.5) is 0 Å². The summed E-state index contributed by atoms with van der Waals surface area (Å²) in [7, 11) is 0. The number of carboxylic acid groups (broad SMARTS) is 1. The van der Waals surface area contributed by atoms with E-state index < -0.39 is 5.97 Å². The number of rotatable bonds is 14. The van der Waals surface area contributed by atoms with Gasteiger partial charge in [-0.3, -0.25) is 4.79 Å². The van der Waals surface area contributed by atoms with Crippen molar-refractivity contribution in [3.05, 3.63) is 72.9 Å². The number of allylic oxidation sites excluding steroid dienone is 12. The molecule has 0 spiro atoms. The molecule has 0 bridgehead atoms. The van der Waals surface area contributed by atoms with E-state index in [1.807, 2.05) is 12.2 Å². The minimum absolute atomic E-state index is 0.210. The van der Waals surface area contributed by atoms with Crippen LogP contribution in [0.1, 0.15) is 58.3 Å². The van der Waals surface area contributed by atoms with E-state index in [1.54, 1.807) is 0 Å². The molecule has 0 radical (unpaired) electrons. The normalized spacial score (nSPS) is 13.0. The smallest absolute Gasteiger partial charge is 0.303 e. The van der Waals surface area contributed by atoms with Crippen LogP contribution in [0.3, 0.4) is 0 Å². The molecule has 0 aliphatic carbocycles. The summed E-state index contributed by atoms with van der Waals surface area (Å²) < 4.78 is 0. The summed E-state index contributed by atoms with van der Waals surface area (Å²) in [6.07, 6.45) is 32.5. The van der Waals surface area contributed by atoms with Gasteiger partial charge in [0.25, 0.3) is 0 Å². The Balaban J connectivity index is 3.51. The second kappa shape index (κ2) is 19.0. The van der Waals surface area contributed by atoms with E-state index in [4.69, 9.17) is 5.11 Å². The standard InChI is InChI=1S/C22H32O2/c1-2-3-4-5-6-7-8-9-10-11-12-13-14-15-16-17-18-19-20-21-22(23)24/h3-4,6-7,9-10,12-13,15-16,18-19H,2,5,8,11,14,17,20-21H2,1H3,(H,23,24)/b4-3-,7-6-,10-9-,13-12-,16-15+,19-18-. The highest BCUT2D eigenvalue weighted by Gasteiger charge is 1.90. The monoisotopic (exact) mass is 328 g/mol. The molecule has 0 unspecified atom stereocenters. The number of hydrogen-bond donors (Lipinski definition) is 1. The van der Waals surface area contributed by atoms with Gasteiger partial charge < -0.3 is 5.11 Å². The third-order valence-corrected chi connectivity index (χ3v) is 3.12. The third kappa shape index (κ3) is 19.9. The first kappa shape index (κ1) is 21.9. The molecular weight excluding hydrogens is 296 g/mol. The maximum absolute atomic E-state index is 10.3. The van der Waals surface area contributed by atoms with Crippen LogP contribution >= 0.6 is 0 Å². The summed E-state index contributed by atoms with van der Waals surface area (Å²) in [5, 5.41) is 8.49. The molecule has 24 heavy (non-hydrogen) atoms. The molecule has 0 aromatic rings. The lowest BCUT2D eigenvalue weighted by atomic mass is 10.2. The van der Waals surface area contributed by atoms with Gasteiger partial charge in [0.05, 0.1) is 0 Å². The topological polar surface area (TPSA) is 37.3 Å². The Morgan fingerprint density at radius 2 is 0.958 bits per heavy atom. The Morgan fingerprint density at radius 3 is 1.29 bits per heavy atom. The fraction of sp³-hybridized carbons (Fsp3) is 0.409. The summed E-state index contributed by atoms with van der Waals surface area (Å²) in [5.74, 6) is -0.741. The first-order chi connectivity index (χ1) is 11.8. The van der Waals surface area contributed by atoms with Crippen molar-refractivity contribution in [1.29, 1.82) is 0 Å². The molecule has 0 heterocycles. The van der Waals surface area contributed by atoms with E-state index >= 15 is 0 Å². The fourth-order valence-corrected chi connectivity index (χ4v) is 1.85. The highest BCUT2D eigenvalue weighted by atomic mass is 16.4. The number of carbonyl (C=O) groups is 1. The summed E-state index contributed by atoms with van der Waals surface area (Å²) in [6.45, 7) is 2.15. The van der Waals surface area contributed by atoms with Crippen LogP contribution in [0.25, 0.3) is 0 Å². The molecule has 0 atom stereocenters. The summed E-state index contributed by atoms with van der Waals surface area (Å²) in [5.41, 5.74) is 0. The molecular formula is C22H32O2. The van der Waals surface area contributed by atoms with Crippen LogP contribution in [-0.4, -0.2) is 11.1 Å². The SMILES string of the molecule is CC/C=C\C/C=C\C/C=C\C/C=C\C/C=C/C/C=C\CCC(=O)O. The minimum atomic E-state index is -0.741. The summed E-state index contributed by atoms with van der Waals surface area (Å²) in [4.78, 5) is 10.3. The number of carboxylic acids is 1. The third-order valence-electron chi connectivity index (χ3n) is 3.12. The predicted octanol–water partition coefficient (Wildman–Crippen LogP) is 6.55. The molecule has 0 saturated carbocycles. The number of aliphatic carboxylic acids is 1. The zero-order valence-corrected chi connectivity index (χ0v) is 14.9. The average molecular weight is 328 g/mol. The van der Waals surface area contributed by atoms with Gasteiger partial charge in [0.15, 0.2) is 0 Å². The van der Waals surface area contributed by atoms with E-state index in [0.29, 0.717) is 6.42 Å². The van der Waals surface area contributed by atoms with Crippen LogP contribution in [0.2, 0.25) is 0 Å². The first-order valence-electron chi connectivity index (χ1n) is 8.89. The molecule has 0 aliphatic heterocycles. The Hall–Kier alpha value is -2.09.